The van der Waals surface area contributed by atoms with Gasteiger partial charge in [-0.2, -0.15) is 0 Å². The highest BCUT2D eigenvalue weighted by Crippen LogP contribution is 2.07. The second-order valence-electron chi connectivity index (χ2n) is 4.21. The van der Waals surface area contributed by atoms with Crippen molar-refractivity contribution in [3.05, 3.63) is 35.6 Å². The van der Waals surface area contributed by atoms with Crippen LogP contribution in [0, 0.1) is 5.82 Å². The zero-order chi connectivity index (χ0) is 13.4. The first-order valence-corrected chi connectivity index (χ1v) is 6.40. The molecule has 0 radical (unpaired) electrons. The molecule has 4 heteroatoms. The highest BCUT2D eigenvalue weighted by Gasteiger charge is 2.11. The van der Waals surface area contributed by atoms with Gasteiger partial charge in [0.25, 0.3) is 0 Å². The molecule has 0 unspecified atom stereocenters. The number of benzene rings is 1. The number of nitrogens with one attached hydrogen (secondary N) is 1. The molecule has 0 spiro atoms. The quantitative estimate of drug-likeness (QED) is 0.754. The van der Waals surface area contributed by atoms with Crippen molar-refractivity contribution in [2.45, 2.75) is 26.8 Å². The van der Waals surface area contributed by atoms with Gasteiger partial charge in [-0.15, -0.1) is 0 Å². The molecule has 0 aromatic heterocycles. The Bertz CT molecular complexity index is 382. The second kappa shape index (κ2) is 7.82. The minimum atomic E-state index is -0.264. The summed E-state index contributed by atoms with van der Waals surface area (Å²) in [6.07, 6.45) is 1.00. The van der Waals surface area contributed by atoms with Crippen LogP contribution in [-0.2, 0) is 11.3 Å². The number of carbonyl (C=O) groups excluding carboxylic acids is 1. The molecule has 0 saturated carbocycles. The predicted octanol–water partition coefficient (Wildman–Crippen LogP) is 2.17. The Morgan fingerprint density at radius 1 is 1.39 bits per heavy atom. The molecule has 3 nitrogen and oxygen atoms in total. The maximum Gasteiger partial charge on any atom is 0.236 e. The maximum absolute atomic E-state index is 13.1. The van der Waals surface area contributed by atoms with E-state index in [2.05, 4.69) is 12.2 Å². The Labute approximate surface area is 108 Å². The summed E-state index contributed by atoms with van der Waals surface area (Å²) in [6.45, 7) is 6.25. The number of nitrogens with zero attached hydrogens (tertiary/aromatic N) is 1. The van der Waals surface area contributed by atoms with Crippen molar-refractivity contribution < 1.29 is 9.18 Å². The Morgan fingerprint density at radius 3 is 2.78 bits per heavy atom. The molecule has 1 rings (SSSR count). The minimum Gasteiger partial charge on any atom is -0.338 e. The molecule has 0 saturated heterocycles. The van der Waals surface area contributed by atoms with Crippen LogP contribution in [0.3, 0.4) is 0 Å². The fraction of sp³-hybridized carbons (Fsp3) is 0.500. The van der Waals surface area contributed by atoms with Gasteiger partial charge in [0.2, 0.25) is 5.91 Å². The summed E-state index contributed by atoms with van der Waals surface area (Å²) in [5.74, 6) is -0.213. The Kier molecular flexibility index (Phi) is 6.36. The largest absolute Gasteiger partial charge is 0.338 e. The standard InChI is InChI=1S/C14H21FN2O/c1-3-8-16-10-14(18)17(4-2)11-12-6-5-7-13(15)9-12/h5-7,9,16H,3-4,8,10-11H2,1-2H3. The smallest absolute Gasteiger partial charge is 0.236 e. The molecule has 0 fully saturated rings. The van der Waals surface area contributed by atoms with E-state index in [1.807, 2.05) is 13.0 Å². The van der Waals surface area contributed by atoms with Gasteiger partial charge in [-0.3, -0.25) is 4.79 Å². The van der Waals surface area contributed by atoms with E-state index in [-0.39, 0.29) is 11.7 Å². The summed E-state index contributed by atoms with van der Waals surface area (Å²) in [7, 11) is 0. The molecule has 0 heterocycles. The van der Waals surface area contributed by atoms with Crippen LogP contribution in [0.5, 0.6) is 0 Å². The lowest BCUT2D eigenvalue weighted by molar-refractivity contribution is -0.130. The van der Waals surface area contributed by atoms with Crippen LogP contribution in [0.15, 0.2) is 24.3 Å². The lowest BCUT2D eigenvalue weighted by Crippen LogP contribution is -2.37. The molecular formula is C14H21FN2O. The van der Waals surface area contributed by atoms with Gasteiger partial charge >= 0.3 is 0 Å². The molecule has 1 N–H and O–H groups in total. The summed E-state index contributed by atoms with van der Waals surface area (Å²) < 4.78 is 13.1. The number of amides is 1. The average Bonchev–Trinajstić information content (AvgIpc) is 2.36. The number of halogens is 1. The predicted molar refractivity (Wildman–Crippen MR) is 70.7 cm³/mol. The van der Waals surface area contributed by atoms with E-state index >= 15 is 0 Å². The number of carbonyl (C=O) groups is 1. The van der Waals surface area contributed by atoms with Crippen LogP contribution in [0.4, 0.5) is 4.39 Å². The van der Waals surface area contributed by atoms with E-state index in [4.69, 9.17) is 0 Å². The van der Waals surface area contributed by atoms with Gasteiger partial charge in [0.1, 0.15) is 5.82 Å². The third-order valence-electron chi connectivity index (χ3n) is 2.70. The Morgan fingerprint density at radius 2 is 2.17 bits per heavy atom. The van der Waals surface area contributed by atoms with Crippen molar-refractivity contribution in [2.75, 3.05) is 19.6 Å². The number of rotatable bonds is 7. The third-order valence-corrected chi connectivity index (χ3v) is 2.70. The molecule has 0 atom stereocenters. The summed E-state index contributed by atoms with van der Waals surface area (Å²) in [5.41, 5.74) is 0.820. The van der Waals surface area contributed by atoms with Crippen LogP contribution < -0.4 is 5.32 Å². The monoisotopic (exact) mass is 252 g/mol. The van der Waals surface area contributed by atoms with Crippen LogP contribution in [0.2, 0.25) is 0 Å². The zero-order valence-corrected chi connectivity index (χ0v) is 11.1. The van der Waals surface area contributed by atoms with E-state index in [0.29, 0.717) is 19.6 Å². The van der Waals surface area contributed by atoms with E-state index < -0.39 is 0 Å². The van der Waals surface area contributed by atoms with Gasteiger partial charge in [0, 0.05) is 13.1 Å². The summed E-state index contributed by atoms with van der Waals surface area (Å²) in [4.78, 5) is 13.6. The lowest BCUT2D eigenvalue weighted by Gasteiger charge is -2.21. The highest BCUT2D eigenvalue weighted by atomic mass is 19.1. The SMILES string of the molecule is CCCNCC(=O)N(CC)Cc1cccc(F)c1. The van der Waals surface area contributed by atoms with E-state index in [9.17, 15) is 9.18 Å². The van der Waals surface area contributed by atoms with Gasteiger partial charge in [-0.05, 0) is 37.6 Å². The third kappa shape index (κ3) is 4.84. The molecule has 1 aromatic rings. The van der Waals surface area contributed by atoms with Crippen molar-refractivity contribution in [1.82, 2.24) is 10.2 Å². The minimum absolute atomic E-state index is 0.0511. The molecule has 1 amide bonds. The van der Waals surface area contributed by atoms with Crippen LogP contribution in [0.1, 0.15) is 25.8 Å². The second-order valence-corrected chi connectivity index (χ2v) is 4.21. The maximum atomic E-state index is 13.1. The summed E-state index contributed by atoms with van der Waals surface area (Å²) >= 11 is 0. The topological polar surface area (TPSA) is 32.3 Å². The number of hydrogen-bond donors (Lipinski definition) is 1. The van der Waals surface area contributed by atoms with Crippen LogP contribution >= 0.6 is 0 Å². The van der Waals surface area contributed by atoms with Crippen molar-refractivity contribution in [1.29, 1.82) is 0 Å². The van der Waals surface area contributed by atoms with Gasteiger partial charge in [0.05, 0.1) is 6.54 Å². The van der Waals surface area contributed by atoms with Crippen molar-refractivity contribution in [3.63, 3.8) is 0 Å². The number of likely N-dealkylation sites (N-methyl/N-ethyl adjacent to an activating group) is 1. The van der Waals surface area contributed by atoms with Crippen LogP contribution in [0.25, 0.3) is 0 Å². The Hall–Kier alpha value is -1.42. The molecule has 0 aliphatic heterocycles. The zero-order valence-electron chi connectivity index (χ0n) is 11.1. The normalized spacial score (nSPS) is 10.4. The molecule has 1 aromatic carbocycles. The van der Waals surface area contributed by atoms with Crippen molar-refractivity contribution in [3.8, 4) is 0 Å². The van der Waals surface area contributed by atoms with E-state index in [1.165, 1.54) is 12.1 Å². The van der Waals surface area contributed by atoms with Crippen molar-refractivity contribution in [2.24, 2.45) is 0 Å². The molecule has 0 aliphatic carbocycles. The molecule has 18 heavy (non-hydrogen) atoms. The van der Waals surface area contributed by atoms with Crippen LogP contribution in [-0.4, -0.2) is 30.4 Å². The first kappa shape index (κ1) is 14.6. The van der Waals surface area contributed by atoms with E-state index in [0.717, 1.165) is 18.5 Å². The molecule has 0 aliphatic rings. The highest BCUT2D eigenvalue weighted by molar-refractivity contribution is 5.78. The van der Waals surface area contributed by atoms with Gasteiger partial charge < -0.3 is 10.2 Å². The fourth-order valence-corrected chi connectivity index (χ4v) is 1.72. The summed E-state index contributed by atoms with van der Waals surface area (Å²) in [5, 5.41) is 3.08. The molecular weight excluding hydrogens is 231 g/mol. The lowest BCUT2D eigenvalue weighted by atomic mass is 10.2. The first-order valence-electron chi connectivity index (χ1n) is 6.40. The van der Waals surface area contributed by atoms with Gasteiger partial charge in [0.15, 0.2) is 0 Å². The average molecular weight is 252 g/mol. The number of hydrogen-bond acceptors (Lipinski definition) is 2. The van der Waals surface area contributed by atoms with Gasteiger partial charge in [-0.25, -0.2) is 4.39 Å². The molecule has 0 bridgehead atoms. The summed E-state index contributed by atoms with van der Waals surface area (Å²) in [6, 6.07) is 6.37. The fourth-order valence-electron chi connectivity index (χ4n) is 1.72. The first-order chi connectivity index (χ1) is 8.67. The molecule has 100 valence electrons. The Balaban J connectivity index is 2.53. The van der Waals surface area contributed by atoms with Gasteiger partial charge in [-0.1, -0.05) is 19.1 Å². The van der Waals surface area contributed by atoms with E-state index in [1.54, 1.807) is 11.0 Å². The van der Waals surface area contributed by atoms with Crippen molar-refractivity contribution >= 4 is 5.91 Å².